The van der Waals surface area contributed by atoms with Crippen molar-refractivity contribution < 1.29 is 4.92 Å². The van der Waals surface area contributed by atoms with Gasteiger partial charge in [-0.15, -0.1) is 0 Å². The predicted molar refractivity (Wildman–Crippen MR) is 81.4 cm³/mol. The van der Waals surface area contributed by atoms with Crippen molar-refractivity contribution in [2.75, 3.05) is 4.90 Å². The van der Waals surface area contributed by atoms with Gasteiger partial charge >= 0.3 is 0 Å². The van der Waals surface area contributed by atoms with E-state index in [-0.39, 0.29) is 16.1 Å². The van der Waals surface area contributed by atoms with Crippen molar-refractivity contribution in [1.29, 1.82) is 0 Å². The second kappa shape index (κ2) is 5.33. The van der Waals surface area contributed by atoms with Crippen LogP contribution in [0.1, 0.15) is 20.8 Å². The summed E-state index contributed by atoms with van der Waals surface area (Å²) in [7, 11) is 0. The van der Waals surface area contributed by atoms with Crippen LogP contribution in [0.25, 0.3) is 0 Å². The molecule has 0 saturated heterocycles. The first kappa shape index (κ1) is 14.1. The number of hydrogen-bond acceptors (Lipinski definition) is 3. The maximum absolute atomic E-state index is 11.3. The second-order valence-corrected chi connectivity index (χ2v) is 5.59. The van der Waals surface area contributed by atoms with Gasteiger partial charge in [0, 0.05) is 17.3 Å². The van der Waals surface area contributed by atoms with Crippen molar-refractivity contribution in [2.24, 2.45) is 0 Å². The summed E-state index contributed by atoms with van der Waals surface area (Å²) < 4.78 is 0. The number of hydrogen-bond donors (Lipinski definition) is 0. The Balaban J connectivity index is 2.63. The Bertz CT molecular complexity index is 603. The number of nitro groups is 1. The summed E-state index contributed by atoms with van der Waals surface area (Å²) in [4.78, 5) is 12.9. The lowest BCUT2D eigenvalue weighted by molar-refractivity contribution is -0.384. The number of nitro benzene ring substituents is 1. The fourth-order valence-electron chi connectivity index (χ4n) is 2.27. The molecule has 2 aromatic rings. The molecule has 0 aliphatic heterocycles. The molecule has 0 aliphatic rings. The average molecular weight is 270 g/mol. The Morgan fingerprint density at radius 3 is 2.05 bits per heavy atom. The fourth-order valence-corrected chi connectivity index (χ4v) is 2.27. The third kappa shape index (κ3) is 2.79. The van der Waals surface area contributed by atoms with E-state index in [0.29, 0.717) is 5.69 Å². The molecule has 0 bridgehead atoms. The van der Waals surface area contributed by atoms with E-state index in [1.165, 1.54) is 6.07 Å². The van der Waals surface area contributed by atoms with Gasteiger partial charge in [-0.2, -0.15) is 0 Å². The van der Waals surface area contributed by atoms with E-state index in [2.05, 4.69) is 0 Å². The first-order chi connectivity index (χ1) is 9.41. The molecule has 0 spiro atoms. The first-order valence-electron chi connectivity index (χ1n) is 6.50. The number of para-hydroxylation sites is 3. The standard InChI is InChI=1S/C16H18N2O2/c1-16(2,3)17(13-9-5-4-6-10-13)14-11-7-8-12-15(14)18(19)20/h4-12H,1-3H3. The first-order valence-corrected chi connectivity index (χ1v) is 6.50. The molecule has 0 atom stereocenters. The summed E-state index contributed by atoms with van der Waals surface area (Å²) in [5.41, 5.74) is 1.39. The molecule has 0 heterocycles. The van der Waals surface area contributed by atoms with Crippen LogP contribution in [0.2, 0.25) is 0 Å². The minimum Gasteiger partial charge on any atom is -0.331 e. The molecular weight excluding hydrogens is 252 g/mol. The van der Waals surface area contributed by atoms with Crippen LogP contribution in [0, 0.1) is 10.1 Å². The van der Waals surface area contributed by atoms with Gasteiger partial charge in [-0.3, -0.25) is 10.1 Å². The average Bonchev–Trinajstić information content (AvgIpc) is 2.39. The third-order valence-electron chi connectivity index (χ3n) is 3.00. The largest absolute Gasteiger partial charge is 0.331 e. The Morgan fingerprint density at radius 2 is 1.50 bits per heavy atom. The van der Waals surface area contributed by atoms with Crippen LogP contribution >= 0.6 is 0 Å². The number of rotatable bonds is 3. The highest BCUT2D eigenvalue weighted by molar-refractivity contribution is 5.73. The van der Waals surface area contributed by atoms with Gasteiger partial charge in [0.1, 0.15) is 5.69 Å². The smallest absolute Gasteiger partial charge is 0.292 e. The normalized spacial score (nSPS) is 11.2. The molecule has 2 rings (SSSR count). The second-order valence-electron chi connectivity index (χ2n) is 5.59. The van der Waals surface area contributed by atoms with E-state index in [1.54, 1.807) is 12.1 Å². The third-order valence-corrected chi connectivity index (χ3v) is 3.00. The highest BCUT2D eigenvalue weighted by Crippen LogP contribution is 2.38. The summed E-state index contributed by atoms with van der Waals surface area (Å²) in [6.07, 6.45) is 0. The topological polar surface area (TPSA) is 46.4 Å². The van der Waals surface area contributed by atoms with Crippen molar-refractivity contribution in [3.05, 3.63) is 64.7 Å². The van der Waals surface area contributed by atoms with Crippen LogP contribution in [-0.4, -0.2) is 10.5 Å². The molecule has 0 radical (unpaired) electrons. The number of anilines is 2. The molecule has 4 heteroatoms. The van der Waals surface area contributed by atoms with Gasteiger partial charge in [-0.25, -0.2) is 0 Å². The number of nitrogens with zero attached hydrogens (tertiary/aromatic N) is 2. The van der Waals surface area contributed by atoms with E-state index in [0.717, 1.165) is 5.69 Å². The molecule has 2 aromatic carbocycles. The Morgan fingerprint density at radius 1 is 0.950 bits per heavy atom. The van der Waals surface area contributed by atoms with E-state index in [1.807, 2.05) is 62.1 Å². The molecule has 0 aliphatic carbocycles. The molecule has 20 heavy (non-hydrogen) atoms. The van der Waals surface area contributed by atoms with Crippen LogP contribution in [0.4, 0.5) is 17.1 Å². The fraction of sp³-hybridized carbons (Fsp3) is 0.250. The summed E-state index contributed by atoms with van der Waals surface area (Å²) in [6.45, 7) is 6.12. The lowest BCUT2D eigenvalue weighted by Gasteiger charge is -2.37. The highest BCUT2D eigenvalue weighted by Gasteiger charge is 2.28. The quantitative estimate of drug-likeness (QED) is 0.608. The summed E-state index contributed by atoms with van der Waals surface area (Å²) in [5.74, 6) is 0. The predicted octanol–water partition coefficient (Wildman–Crippen LogP) is 4.53. The van der Waals surface area contributed by atoms with Crippen molar-refractivity contribution in [2.45, 2.75) is 26.3 Å². The van der Waals surface area contributed by atoms with Gasteiger partial charge in [0.25, 0.3) is 5.69 Å². The molecule has 0 fully saturated rings. The zero-order valence-corrected chi connectivity index (χ0v) is 11.9. The minimum absolute atomic E-state index is 0.117. The molecular formula is C16H18N2O2. The van der Waals surface area contributed by atoms with E-state index in [4.69, 9.17) is 0 Å². The molecule has 0 N–H and O–H groups in total. The van der Waals surface area contributed by atoms with Crippen LogP contribution in [0.5, 0.6) is 0 Å². The molecule has 0 saturated carbocycles. The SMILES string of the molecule is CC(C)(C)N(c1ccccc1)c1ccccc1[N+](=O)[O-]. The van der Waals surface area contributed by atoms with Gasteiger partial charge < -0.3 is 4.90 Å². The molecule has 0 unspecified atom stereocenters. The maximum atomic E-state index is 11.3. The zero-order valence-electron chi connectivity index (χ0n) is 11.9. The van der Waals surface area contributed by atoms with Gasteiger partial charge in [-0.1, -0.05) is 30.3 Å². The highest BCUT2D eigenvalue weighted by atomic mass is 16.6. The summed E-state index contributed by atoms with van der Waals surface area (Å²) >= 11 is 0. The number of benzene rings is 2. The molecule has 0 aromatic heterocycles. The van der Waals surface area contributed by atoms with Gasteiger partial charge in [0.2, 0.25) is 0 Å². The Kier molecular flexibility index (Phi) is 3.74. The van der Waals surface area contributed by atoms with Crippen molar-refractivity contribution in [1.82, 2.24) is 0 Å². The lowest BCUT2D eigenvalue weighted by Crippen LogP contribution is -2.37. The van der Waals surface area contributed by atoms with E-state index < -0.39 is 0 Å². The van der Waals surface area contributed by atoms with Crippen molar-refractivity contribution in [3.8, 4) is 0 Å². The summed E-state index contributed by atoms with van der Waals surface area (Å²) in [6, 6.07) is 16.6. The minimum atomic E-state index is -0.336. The molecule has 104 valence electrons. The van der Waals surface area contributed by atoms with Crippen LogP contribution in [0.15, 0.2) is 54.6 Å². The lowest BCUT2D eigenvalue weighted by atomic mass is 10.0. The zero-order chi connectivity index (χ0) is 14.8. The molecule has 4 nitrogen and oxygen atoms in total. The Labute approximate surface area is 118 Å². The molecule has 0 amide bonds. The van der Waals surface area contributed by atoms with Crippen LogP contribution < -0.4 is 4.90 Å². The van der Waals surface area contributed by atoms with Crippen molar-refractivity contribution >= 4 is 17.1 Å². The Hall–Kier alpha value is -2.36. The van der Waals surface area contributed by atoms with E-state index >= 15 is 0 Å². The van der Waals surface area contributed by atoms with Gasteiger partial charge in [0.05, 0.1) is 4.92 Å². The summed E-state index contributed by atoms with van der Waals surface area (Å²) in [5, 5.41) is 11.3. The van der Waals surface area contributed by atoms with E-state index in [9.17, 15) is 10.1 Å². The monoisotopic (exact) mass is 270 g/mol. The van der Waals surface area contributed by atoms with Crippen LogP contribution in [0.3, 0.4) is 0 Å². The maximum Gasteiger partial charge on any atom is 0.292 e. The van der Waals surface area contributed by atoms with Gasteiger partial charge in [0.15, 0.2) is 0 Å². The van der Waals surface area contributed by atoms with Crippen molar-refractivity contribution in [3.63, 3.8) is 0 Å². The van der Waals surface area contributed by atoms with Gasteiger partial charge in [-0.05, 0) is 39.0 Å². The van der Waals surface area contributed by atoms with Crippen LogP contribution in [-0.2, 0) is 0 Å².